The summed E-state index contributed by atoms with van der Waals surface area (Å²) in [6.07, 6.45) is -1.62. The Balaban J connectivity index is 1.66. The number of thiophene rings is 1. The van der Waals surface area contributed by atoms with Crippen molar-refractivity contribution in [2.24, 2.45) is 0 Å². The van der Waals surface area contributed by atoms with E-state index in [0.717, 1.165) is 17.8 Å². The Hall–Kier alpha value is -3.58. The Bertz CT molecular complexity index is 1540. The number of allylic oxidation sites excluding steroid dienone is 1. The van der Waals surface area contributed by atoms with Gasteiger partial charge in [-0.2, -0.15) is 18.4 Å². The normalized spacial score (nSPS) is 11.5. The number of hydrogen-bond acceptors (Lipinski definition) is 6. The fraction of sp³-hybridized carbons (Fsp3) is 0.107. The van der Waals surface area contributed by atoms with Crippen LogP contribution >= 0.6 is 34.7 Å². The van der Waals surface area contributed by atoms with E-state index in [0.29, 0.717) is 31.7 Å². The van der Waals surface area contributed by atoms with E-state index in [9.17, 15) is 23.2 Å². The average Bonchev–Trinajstić information content (AvgIpc) is 3.36. The summed E-state index contributed by atoms with van der Waals surface area (Å²) in [7, 11) is 1.49. The number of pyridine rings is 1. The molecule has 4 nitrogen and oxygen atoms in total. The van der Waals surface area contributed by atoms with Gasteiger partial charge in [-0.15, -0.1) is 23.1 Å². The minimum absolute atomic E-state index is 0.0334. The van der Waals surface area contributed by atoms with E-state index in [1.54, 1.807) is 66.7 Å². The van der Waals surface area contributed by atoms with Crippen LogP contribution in [-0.2, 0) is 11.9 Å². The highest BCUT2D eigenvalue weighted by Gasteiger charge is 2.34. The number of carbonyl (C=O) groups is 1. The largest absolute Gasteiger partial charge is 0.496 e. The van der Waals surface area contributed by atoms with Gasteiger partial charge in [-0.1, -0.05) is 54.1 Å². The molecule has 0 saturated heterocycles. The molecule has 0 aliphatic carbocycles. The van der Waals surface area contributed by atoms with Crippen molar-refractivity contribution >= 4 is 46.6 Å². The zero-order valence-corrected chi connectivity index (χ0v) is 22.1. The van der Waals surface area contributed by atoms with Gasteiger partial charge < -0.3 is 4.74 Å². The Morgan fingerprint density at radius 2 is 1.92 bits per heavy atom. The van der Waals surface area contributed by atoms with Crippen LogP contribution in [0.3, 0.4) is 0 Å². The molecule has 0 bridgehead atoms. The highest BCUT2D eigenvalue weighted by Crippen LogP contribution is 2.38. The van der Waals surface area contributed by atoms with Crippen molar-refractivity contribution in [3.63, 3.8) is 0 Å². The fourth-order valence-electron chi connectivity index (χ4n) is 3.59. The van der Waals surface area contributed by atoms with Crippen molar-refractivity contribution in [3.05, 3.63) is 104 Å². The zero-order valence-electron chi connectivity index (χ0n) is 19.8. The van der Waals surface area contributed by atoms with E-state index in [1.807, 2.05) is 6.07 Å². The van der Waals surface area contributed by atoms with Gasteiger partial charge in [0.25, 0.3) is 0 Å². The molecule has 4 rings (SSSR count). The van der Waals surface area contributed by atoms with Crippen molar-refractivity contribution in [2.75, 3.05) is 7.11 Å². The first-order chi connectivity index (χ1) is 18.2. The first-order valence-electron chi connectivity index (χ1n) is 11.0. The topological polar surface area (TPSA) is 63.0 Å². The van der Waals surface area contributed by atoms with Crippen molar-refractivity contribution in [1.29, 1.82) is 5.26 Å². The molecule has 2 heterocycles. The van der Waals surface area contributed by atoms with Gasteiger partial charge in [0.15, 0.2) is 5.78 Å². The van der Waals surface area contributed by atoms with E-state index in [2.05, 4.69) is 4.98 Å². The Morgan fingerprint density at radius 3 is 2.55 bits per heavy atom. The van der Waals surface area contributed by atoms with Gasteiger partial charge in [0.2, 0.25) is 0 Å². The zero-order chi connectivity index (χ0) is 27.3. The number of carbonyl (C=O) groups excluding carboxylic acids is 1. The lowest BCUT2D eigenvalue weighted by Crippen LogP contribution is -2.10. The van der Waals surface area contributed by atoms with Gasteiger partial charge in [0, 0.05) is 16.9 Å². The van der Waals surface area contributed by atoms with Gasteiger partial charge >= 0.3 is 6.18 Å². The van der Waals surface area contributed by atoms with Crippen LogP contribution in [0.2, 0.25) is 4.34 Å². The maximum Gasteiger partial charge on any atom is 0.433 e. The lowest BCUT2D eigenvalue weighted by molar-refractivity contribution is -0.141. The number of aromatic nitrogens is 1. The summed E-state index contributed by atoms with van der Waals surface area (Å²) in [5, 5.41) is 9.82. The SMILES string of the molecule is COc1ccc(/C=C/C(=O)c2ccc(Cl)s2)cc1CSc1nc(C(F)(F)F)cc(-c2ccccc2)c1C#N. The minimum Gasteiger partial charge on any atom is -0.496 e. The molecule has 192 valence electrons. The van der Waals surface area contributed by atoms with Gasteiger partial charge in [-0.3, -0.25) is 4.79 Å². The average molecular weight is 571 g/mol. The molecule has 0 unspecified atom stereocenters. The highest BCUT2D eigenvalue weighted by molar-refractivity contribution is 7.98. The molecule has 2 aromatic carbocycles. The van der Waals surface area contributed by atoms with Gasteiger partial charge in [0.05, 0.1) is 21.9 Å². The lowest BCUT2D eigenvalue weighted by Gasteiger charge is -2.15. The monoisotopic (exact) mass is 570 g/mol. The van der Waals surface area contributed by atoms with Crippen LogP contribution in [-0.4, -0.2) is 17.9 Å². The summed E-state index contributed by atoms with van der Waals surface area (Å²) < 4.78 is 47.0. The van der Waals surface area contributed by atoms with Gasteiger partial charge in [-0.25, -0.2) is 4.98 Å². The summed E-state index contributed by atoms with van der Waals surface area (Å²) in [4.78, 5) is 16.7. The molecule has 0 radical (unpaired) electrons. The standard InChI is InChI=1S/C28H18ClF3N2O2S2/c1-36-23-10-8-17(7-9-22(35)24-11-12-26(29)38-24)13-19(23)16-37-27-21(15-33)20(18-5-3-2-4-6-18)14-25(34-27)28(30,31)32/h2-14H,16H2,1H3/b9-7+. The van der Waals surface area contributed by atoms with Crippen LogP contribution < -0.4 is 4.74 Å². The predicted molar refractivity (Wildman–Crippen MR) is 145 cm³/mol. The number of hydrogen-bond donors (Lipinski definition) is 0. The lowest BCUT2D eigenvalue weighted by atomic mass is 10.0. The maximum atomic E-state index is 13.7. The second-order valence-corrected chi connectivity index (χ2v) is 10.6. The van der Waals surface area contributed by atoms with E-state index in [-0.39, 0.29) is 27.7 Å². The quantitative estimate of drug-likeness (QED) is 0.121. The van der Waals surface area contributed by atoms with Crippen LogP contribution in [0, 0.1) is 11.3 Å². The number of thioether (sulfide) groups is 1. The van der Waals surface area contributed by atoms with E-state index in [4.69, 9.17) is 16.3 Å². The molecule has 0 atom stereocenters. The number of ether oxygens (including phenoxy) is 1. The van der Waals surface area contributed by atoms with Crippen LogP contribution in [0.25, 0.3) is 17.2 Å². The Labute approximate surface area is 230 Å². The summed E-state index contributed by atoms with van der Waals surface area (Å²) in [5.41, 5.74) is 0.989. The van der Waals surface area contributed by atoms with E-state index in [1.165, 1.54) is 24.5 Å². The highest BCUT2D eigenvalue weighted by atomic mass is 35.5. The maximum absolute atomic E-state index is 13.7. The van der Waals surface area contributed by atoms with Crippen molar-refractivity contribution in [2.45, 2.75) is 17.0 Å². The molecular weight excluding hydrogens is 553 g/mol. The second-order valence-electron chi connectivity index (χ2n) is 7.87. The van der Waals surface area contributed by atoms with E-state index < -0.39 is 11.9 Å². The summed E-state index contributed by atoms with van der Waals surface area (Å²) in [6.45, 7) is 0. The third-order valence-electron chi connectivity index (χ3n) is 5.39. The molecule has 10 heteroatoms. The number of alkyl halides is 3. The molecule has 38 heavy (non-hydrogen) atoms. The molecule has 0 fully saturated rings. The number of methoxy groups -OCH3 is 1. The third kappa shape index (κ3) is 6.45. The van der Waals surface area contributed by atoms with E-state index >= 15 is 0 Å². The van der Waals surface area contributed by atoms with Crippen molar-refractivity contribution in [3.8, 4) is 22.9 Å². The summed E-state index contributed by atoms with van der Waals surface area (Å²) in [6, 6.07) is 19.9. The van der Waals surface area contributed by atoms with Crippen LogP contribution in [0.4, 0.5) is 13.2 Å². The van der Waals surface area contributed by atoms with Gasteiger partial charge in [-0.05, 0) is 47.5 Å². The third-order valence-corrected chi connectivity index (χ3v) is 7.66. The molecule has 0 aliphatic heterocycles. The molecule has 0 spiro atoms. The predicted octanol–water partition coefficient (Wildman–Crippen LogP) is 8.55. The Kier molecular flexibility index (Phi) is 8.57. The van der Waals surface area contributed by atoms with Crippen LogP contribution in [0.5, 0.6) is 5.75 Å². The van der Waals surface area contributed by atoms with Crippen LogP contribution in [0.1, 0.15) is 32.1 Å². The number of rotatable bonds is 8. The number of ketones is 1. The molecular formula is C28H18ClF3N2O2S2. The fourth-order valence-corrected chi connectivity index (χ4v) is 5.53. The number of nitrogens with zero attached hydrogens (tertiary/aromatic N) is 2. The van der Waals surface area contributed by atoms with Crippen molar-refractivity contribution in [1.82, 2.24) is 4.98 Å². The number of nitriles is 1. The second kappa shape index (κ2) is 11.9. The Morgan fingerprint density at radius 1 is 1.16 bits per heavy atom. The minimum atomic E-state index is -4.69. The molecule has 2 aromatic heterocycles. The molecule has 4 aromatic rings. The summed E-state index contributed by atoms with van der Waals surface area (Å²) in [5.74, 6) is 0.491. The molecule has 0 N–H and O–H groups in total. The molecule has 0 amide bonds. The number of halogens is 4. The summed E-state index contributed by atoms with van der Waals surface area (Å²) >= 11 is 8.09. The first kappa shape index (κ1) is 27.5. The first-order valence-corrected chi connectivity index (χ1v) is 13.2. The molecule has 0 aliphatic rings. The smallest absolute Gasteiger partial charge is 0.433 e. The molecule has 0 saturated carbocycles. The van der Waals surface area contributed by atoms with Crippen LogP contribution in [0.15, 0.2) is 77.8 Å². The van der Waals surface area contributed by atoms with Crippen molar-refractivity contribution < 1.29 is 22.7 Å². The number of benzene rings is 2. The van der Waals surface area contributed by atoms with Gasteiger partial charge in [0.1, 0.15) is 22.5 Å².